The third kappa shape index (κ3) is 6.57. The van der Waals surface area contributed by atoms with Gasteiger partial charge in [0.2, 0.25) is 0 Å². The molecule has 1 saturated heterocycles. The minimum absolute atomic E-state index is 0.00521. The third-order valence-electron chi connectivity index (χ3n) is 6.66. The van der Waals surface area contributed by atoms with Crippen molar-refractivity contribution in [2.75, 3.05) is 13.2 Å². The summed E-state index contributed by atoms with van der Waals surface area (Å²) in [7, 11) is 0. The Morgan fingerprint density at radius 2 is 1.65 bits per heavy atom. The lowest BCUT2D eigenvalue weighted by Gasteiger charge is -2.25. The van der Waals surface area contributed by atoms with Gasteiger partial charge in [0.15, 0.2) is 0 Å². The summed E-state index contributed by atoms with van der Waals surface area (Å²) in [6, 6.07) is 16.2. The Morgan fingerprint density at radius 3 is 2.30 bits per heavy atom. The molecule has 1 atom stereocenters. The number of rotatable bonds is 12. The first-order valence-corrected chi connectivity index (χ1v) is 13.6. The molecule has 0 radical (unpaired) electrons. The van der Waals surface area contributed by atoms with E-state index in [1.807, 2.05) is 6.92 Å². The number of carbonyl (C=O) groups is 3. The zero-order valence-corrected chi connectivity index (χ0v) is 22.8. The van der Waals surface area contributed by atoms with Crippen LogP contribution in [0.25, 0.3) is 5.76 Å². The maximum absolute atomic E-state index is 13.3. The summed E-state index contributed by atoms with van der Waals surface area (Å²) in [5, 5.41) is 11.3. The molecular weight excluding hydrogens is 508 g/mol. The zero-order chi connectivity index (χ0) is 28.5. The highest BCUT2D eigenvalue weighted by Gasteiger charge is 2.46. The van der Waals surface area contributed by atoms with Gasteiger partial charge in [-0.3, -0.25) is 14.6 Å². The van der Waals surface area contributed by atoms with Crippen LogP contribution >= 0.6 is 0 Å². The number of ether oxygens (including phenoxy) is 2. The number of benzene rings is 2. The second-order valence-corrected chi connectivity index (χ2v) is 9.63. The molecule has 2 aromatic carbocycles. The normalized spacial score (nSPS) is 16.2. The van der Waals surface area contributed by atoms with Gasteiger partial charge in [-0.15, -0.1) is 0 Å². The summed E-state index contributed by atoms with van der Waals surface area (Å²) < 4.78 is 10.9. The van der Waals surface area contributed by atoms with E-state index in [-0.39, 0.29) is 17.9 Å². The largest absolute Gasteiger partial charge is 0.507 e. The van der Waals surface area contributed by atoms with E-state index in [1.54, 1.807) is 73.1 Å². The summed E-state index contributed by atoms with van der Waals surface area (Å²) in [5.74, 6) is -1.51. The smallest absolute Gasteiger partial charge is 0.338 e. The van der Waals surface area contributed by atoms with Gasteiger partial charge in [0.1, 0.15) is 11.5 Å². The number of nitrogens with zero attached hydrogens (tertiary/aromatic N) is 2. The Balaban J connectivity index is 1.62. The molecule has 1 amide bonds. The lowest BCUT2D eigenvalue weighted by molar-refractivity contribution is -0.140. The summed E-state index contributed by atoms with van der Waals surface area (Å²) in [6.45, 7) is 5.08. The van der Waals surface area contributed by atoms with Crippen LogP contribution in [0, 0.1) is 0 Å². The molecule has 0 bridgehead atoms. The van der Waals surface area contributed by atoms with E-state index in [0.717, 1.165) is 25.7 Å². The number of hydrogen-bond donors (Lipinski definition) is 1. The van der Waals surface area contributed by atoms with E-state index in [4.69, 9.17) is 9.47 Å². The first-order valence-electron chi connectivity index (χ1n) is 13.6. The fourth-order valence-corrected chi connectivity index (χ4v) is 4.55. The summed E-state index contributed by atoms with van der Waals surface area (Å²) in [6.07, 6.45) is 7.05. The SMILES string of the molecule is CCCCCOc1ccc(/C(O)=C2\C(=O)C(=O)N(Cc3ccc(C(=O)OCCC)cc3)C2c2cccnc2)cc1. The number of pyridine rings is 1. The van der Waals surface area contributed by atoms with Crippen molar-refractivity contribution in [3.05, 3.63) is 101 Å². The number of hydrogen-bond acceptors (Lipinski definition) is 7. The van der Waals surface area contributed by atoms with Crippen LogP contribution in [0.15, 0.2) is 78.6 Å². The Hall–Kier alpha value is -4.46. The van der Waals surface area contributed by atoms with Crippen molar-refractivity contribution >= 4 is 23.4 Å². The monoisotopic (exact) mass is 542 g/mol. The van der Waals surface area contributed by atoms with Crippen molar-refractivity contribution in [1.82, 2.24) is 9.88 Å². The zero-order valence-electron chi connectivity index (χ0n) is 22.8. The van der Waals surface area contributed by atoms with Crippen LogP contribution in [0.4, 0.5) is 0 Å². The fourth-order valence-electron chi connectivity index (χ4n) is 4.55. The lowest BCUT2D eigenvalue weighted by atomic mass is 9.96. The predicted molar refractivity (Wildman–Crippen MR) is 151 cm³/mol. The van der Waals surface area contributed by atoms with Crippen molar-refractivity contribution < 1.29 is 29.0 Å². The van der Waals surface area contributed by atoms with E-state index < -0.39 is 23.7 Å². The molecule has 0 aliphatic carbocycles. The van der Waals surface area contributed by atoms with Crippen LogP contribution in [0.2, 0.25) is 0 Å². The number of aliphatic hydroxyl groups is 1. The lowest BCUT2D eigenvalue weighted by Crippen LogP contribution is -2.29. The van der Waals surface area contributed by atoms with Gasteiger partial charge < -0.3 is 19.5 Å². The van der Waals surface area contributed by atoms with Crippen molar-refractivity contribution in [3.63, 3.8) is 0 Å². The van der Waals surface area contributed by atoms with Crippen molar-refractivity contribution in [3.8, 4) is 5.75 Å². The molecule has 3 aromatic rings. The summed E-state index contributed by atoms with van der Waals surface area (Å²) in [4.78, 5) is 44.3. The molecule has 0 spiro atoms. The van der Waals surface area contributed by atoms with Gasteiger partial charge >= 0.3 is 5.97 Å². The molecule has 1 N–H and O–H groups in total. The first kappa shape index (κ1) is 28.5. The van der Waals surface area contributed by atoms with Crippen LogP contribution in [-0.2, 0) is 20.9 Å². The predicted octanol–water partition coefficient (Wildman–Crippen LogP) is 5.84. The van der Waals surface area contributed by atoms with E-state index in [1.165, 1.54) is 4.90 Å². The number of likely N-dealkylation sites (tertiary alicyclic amines) is 1. The molecule has 8 heteroatoms. The first-order chi connectivity index (χ1) is 19.4. The maximum atomic E-state index is 13.3. The molecule has 208 valence electrons. The van der Waals surface area contributed by atoms with Crippen LogP contribution in [0.1, 0.15) is 72.6 Å². The van der Waals surface area contributed by atoms with Crippen LogP contribution in [-0.4, -0.2) is 45.9 Å². The number of ketones is 1. The number of unbranched alkanes of at least 4 members (excludes halogenated alkanes) is 2. The van der Waals surface area contributed by atoms with Gasteiger partial charge in [0.25, 0.3) is 11.7 Å². The second-order valence-electron chi connectivity index (χ2n) is 9.63. The number of esters is 1. The molecule has 1 aliphatic heterocycles. The van der Waals surface area contributed by atoms with Crippen molar-refractivity contribution in [2.45, 2.75) is 52.1 Å². The molecule has 0 saturated carbocycles. The number of amides is 1. The summed E-state index contributed by atoms with van der Waals surface area (Å²) >= 11 is 0. The Labute approximate surface area is 234 Å². The standard InChI is InChI=1S/C32H34N2O6/c1-3-5-6-19-39-26-15-13-23(14-16-26)29(35)27-28(25-8-7-17-33-20-25)34(31(37)30(27)36)21-22-9-11-24(12-10-22)32(38)40-18-4-2/h7-17,20,28,35H,3-6,18-19,21H2,1-2H3/b29-27+. The number of aliphatic hydroxyl groups excluding tert-OH is 1. The highest BCUT2D eigenvalue weighted by atomic mass is 16.5. The van der Waals surface area contributed by atoms with Crippen LogP contribution in [0.3, 0.4) is 0 Å². The Morgan fingerprint density at radius 1 is 0.925 bits per heavy atom. The highest BCUT2D eigenvalue weighted by molar-refractivity contribution is 6.46. The quantitative estimate of drug-likeness (QED) is 0.101. The van der Waals surface area contributed by atoms with Gasteiger partial charge in [0, 0.05) is 24.5 Å². The van der Waals surface area contributed by atoms with Gasteiger partial charge in [-0.25, -0.2) is 4.79 Å². The average Bonchev–Trinajstić information content (AvgIpc) is 3.23. The third-order valence-corrected chi connectivity index (χ3v) is 6.66. The van der Waals surface area contributed by atoms with Gasteiger partial charge in [-0.05, 0) is 66.4 Å². The maximum Gasteiger partial charge on any atom is 0.338 e. The molecule has 1 unspecified atom stereocenters. The van der Waals surface area contributed by atoms with Gasteiger partial charge in [-0.1, -0.05) is 44.9 Å². The number of carbonyl (C=O) groups excluding carboxylic acids is 3. The minimum Gasteiger partial charge on any atom is -0.507 e. The average molecular weight is 543 g/mol. The molecule has 1 fully saturated rings. The molecule has 8 nitrogen and oxygen atoms in total. The molecule has 1 aromatic heterocycles. The minimum atomic E-state index is -0.840. The molecule has 2 heterocycles. The second kappa shape index (κ2) is 13.6. The van der Waals surface area contributed by atoms with Gasteiger partial charge in [-0.2, -0.15) is 0 Å². The Bertz CT molecular complexity index is 1350. The van der Waals surface area contributed by atoms with E-state index in [2.05, 4.69) is 11.9 Å². The van der Waals surface area contributed by atoms with Crippen molar-refractivity contribution in [1.29, 1.82) is 0 Å². The number of Topliss-reactive ketones (excluding diaryl/α,β-unsaturated/α-hetero) is 1. The van der Waals surface area contributed by atoms with E-state index in [0.29, 0.717) is 41.2 Å². The summed E-state index contributed by atoms with van der Waals surface area (Å²) in [5.41, 5.74) is 2.12. The molecule has 1 aliphatic rings. The fraction of sp³-hybridized carbons (Fsp3) is 0.312. The highest BCUT2D eigenvalue weighted by Crippen LogP contribution is 2.40. The van der Waals surface area contributed by atoms with Crippen LogP contribution < -0.4 is 4.74 Å². The molecular formula is C32H34N2O6. The molecule has 40 heavy (non-hydrogen) atoms. The van der Waals surface area contributed by atoms with E-state index >= 15 is 0 Å². The number of aromatic nitrogens is 1. The Kier molecular flexibility index (Phi) is 9.67. The van der Waals surface area contributed by atoms with Crippen molar-refractivity contribution in [2.24, 2.45) is 0 Å². The molecule has 4 rings (SSSR count). The van der Waals surface area contributed by atoms with Gasteiger partial charge in [0.05, 0.1) is 30.4 Å². The van der Waals surface area contributed by atoms with Crippen LogP contribution in [0.5, 0.6) is 5.75 Å². The van der Waals surface area contributed by atoms with E-state index in [9.17, 15) is 19.5 Å². The topological polar surface area (TPSA) is 106 Å².